The van der Waals surface area contributed by atoms with E-state index in [1.165, 1.54) is 13.2 Å². The van der Waals surface area contributed by atoms with Gasteiger partial charge in [0.15, 0.2) is 0 Å². The summed E-state index contributed by atoms with van der Waals surface area (Å²) in [6.07, 6.45) is 0. The van der Waals surface area contributed by atoms with Gasteiger partial charge in [-0.05, 0) is 39.8 Å². The van der Waals surface area contributed by atoms with Crippen LogP contribution < -0.4 is 10.1 Å². The minimum atomic E-state index is -1.30. The fraction of sp³-hybridized carbons (Fsp3) is 0.533. The Morgan fingerprint density at radius 1 is 1.45 bits per heavy atom. The van der Waals surface area contributed by atoms with Crippen LogP contribution in [0.25, 0.3) is 0 Å². The Hall–Kier alpha value is -1.62. The number of nitrogens with one attached hydrogen (secondary N) is 1. The number of ether oxygens (including phenoxy) is 2. The van der Waals surface area contributed by atoms with Gasteiger partial charge in [-0.15, -0.1) is 0 Å². The number of hydrogen-bond donors (Lipinski definition) is 1. The van der Waals surface area contributed by atoms with Crippen molar-refractivity contribution in [2.24, 2.45) is 0 Å². The average molecular weight is 283 g/mol. The van der Waals surface area contributed by atoms with E-state index in [-0.39, 0.29) is 18.2 Å². The topological polar surface area (TPSA) is 47.6 Å². The first-order chi connectivity index (χ1) is 9.36. The third kappa shape index (κ3) is 3.28. The average Bonchev–Trinajstić information content (AvgIpc) is 2.37. The van der Waals surface area contributed by atoms with Crippen molar-refractivity contribution in [2.45, 2.75) is 39.3 Å². The molecule has 0 saturated heterocycles. The molecule has 1 rings (SSSR count). The molecule has 1 aromatic rings. The monoisotopic (exact) mass is 283 g/mol. The van der Waals surface area contributed by atoms with Crippen LogP contribution in [0.3, 0.4) is 0 Å². The maximum Gasteiger partial charge on any atom is 0.330 e. The fourth-order valence-electron chi connectivity index (χ4n) is 2.25. The van der Waals surface area contributed by atoms with Gasteiger partial charge in [0.2, 0.25) is 0 Å². The minimum Gasteiger partial charge on any atom is -0.496 e. The van der Waals surface area contributed by atoms with Crippen molar-refractivity contribution in [3.8, 4) is 5.75 Å². The first-order valence-corrected chi connectivity index (χ1v) is 6.64. The van der Waals surface area contributed by atoms with Crippen LogP contribution in [0.15, 0.2) is 18.2 Å². The van der Waals surface area contributed by atoms with Crippen LogP contribution in [0.1, 0.15) is 33.3 Å². The molecule has 112 valence electrons. The Balaban J connectivity index is 3.41. The van der Waals surface area contributed by atoms with E-state index in [1.54, 1.807) is 26.0 Å². The Bertz CT molecular complexity index is 476. The molecule has 20 heavy (non-hydrogen) atoms. The van der Waals surface area contributed by atoms with E-state index >= 15 is 0 Å². The molecule has 0 aliphatic carbocycles. The molecule has 1 aromatic carbocycles. The molecule has 1 atom stereocenters. The van der Waals surface area contributed by atoms with E-state index in [4.69, 9.17) is 9.47 Å². The number of carbonyl (C=O) groups is 1. The Kier molecular flexibility index (Phi) is 5.51. The second kappa shape index (κ2) is 6.70. The zero-order valence-corrected chi connectivity index (χ0v) is 12.6. The van der Waals surface area contributed by atoms with Crippen LogP contribution >= 0.6 is 0 Å². The van der Waals surface area contributed by atoms with Crippen molar-refractivity contribution in [1.82, 2.24) is 5.32 Å². The van der Waals surface area contributed by atoms with Gasteiger partial charge >= 0.3 is 5.97 Å². The zero-order valence-electron chi connectivity index (χ0n) is 12.6. The summed E-state index contributed by atoms with van der Waals surface area (Å²) in [7, 11) is 1.44. The summed E-state index contributed by atoms with van der Waals surface area (Å²) in [4.78, 5) is 12.3. The molecule has 1 unspecified atom stereocenters. The zero-order chi connectivity index (χ0) is 15.3. The minimum absolute atomic E-state index is 0.0336. The molecule has 0 aliphatic heterocycles. The van der Waals surface area contributed by atoms with E-state index in [0.29, 0.717) is 5.75 Å². The van der Waals surface area contributed by atoms with Crippen LogP contribution in [0.5, 0.6) is 5.75 Å². The van der Waals surface area contributed by atoms with Gasteiger partial charge in [0.25, 0.3) is 0 Å². The van der Waals surface area contributed by atoms with Gasteiger partial charge < -0.3 is 9.47 Å². The van der Waals surface area contributed by atoms with E-state index in [9.17, 15) is 9.18 Å². The summed E-state index contributed by atoms with van der Waals surface area (Å²) >= 11 is 0. The Labute approximate surface area is 119 Å². The number of carbonyl (C=O) groups excluding carboxylic acids is 1. The molecule has 4 nitrogen and oxygen atoms in total. The van der Waals surface area contributed by atoms with Gasteiger partial charge in [-0.2, -0.15) is 0 Å². The number of hydrogen-bond acceptors (Lipinski definition) is 4. The second-order valence-corrected chi connectivity index (χ2v) is 4.96. The van der Waals surface area contributed by atoms with Crippen LogP contribution in [-0.2, 0) is 15.1 Å². The summed E-state index contributed by atoms with van der Waals surface area (Å²) in [5.41, 5.74) is -1.14. The summed E-state index contributed by atoms with van der Waals surface area (Å²) in [6.45, 7) is 7.30. The maximum atomic E-state index is 14.3. The first kappa shape index (κ1) is 16.4. The summed E-state index contributed by atoms with van der Waals surface area (Å²) in [5.74, 6) is -0.723. The summed E-state index contributed by atoms with van der Waals surface area (Å²) in [5, 5.41) is 3.08. The van der Waals surface area contributed by atoms with Crippen molar-refractivity contribution in [3.05, 3.63) is 29.6 Å². The third-order valence-corrected chi connectivity index (χ3v) is 2.96. The van der Waals surface area contributed by atoms with Crippen LogP contribution in [0.4, 0.5) is 4.39 Å². The second-order valence-electron chi connectivity index (χ2n) is 4.96. The van der Waals surface area contributed by atoms with Crippen molar-refractivity contribution in [1.29, 1.82) is 0 Å². The number of rotatable bonds is 6. The van der Waals surface area contributed by atoms with Gasteiger partial charge in [0.05, 0.1) is 19.3 Å². The van der Waals surface area contributed by atoms with E-state index in [1.807, 2.05) is 13.8 Å². The van der Waals surface area contributed by atoms with Gasteiger partial charge in [-0.1, -0.05) is 6.07 Å². The maximum absolute atomic E-state index is 14.3. The molecule has 0 saturated carbocycles. The SMILES string of the molecule is CCOC(=O)C(C)(NC(C)C)c1c(F)cccc1OC. The van der Waals surface area contributed by atoms with Crippen molar-refractivity contribution >= 4 is 5.97 Å². The largest absolute Gasteiger partial charge is 0.496 e. The van der Waals surface area contributed by atoms with Gasteiger partial charge in [0.1, 0.15) is 17.1 Å². The fourth-order valence-corrected chi connectivity index (χ4v) is 2.25. The molecule has 0 fully saturated rings. The predicted molar refractivity (Wildman–Crippen MR) is 75.2 cm³/mol. The van der Waals surface area contributed by atoms with Crippen LogP contribution in [0.2, 0.25) is 0 Å². The van der Waals surface area contributed by atoms with Gasteiger partial charge in [-0.25, -0.2) is 9.18 Å². The number of methoxy groups -OCH3 is 1. The number of benzene rings is 1. The third-order valence-electron chi connectivity index (χ3n) is 2.96. The van der Waals surface area contributed by atoms with Gasteiger partial charge in [-0.3, -0.25) is 5.32 Å². The molecule has 0 aromatic heterocycles. The van der Waals surface area contributed by atoms with E-state index < -0.39 is 17.3 Å². The lowest BCUT2D eigenvalue weighted by Crippen LogP contribution is -2.51. The predicted octanol–water partition coefficient (Wildman–Crippen LogP) is 2.61. The lowest BCUT2D eigenvalue weighted by atomic mass is 9.89. The highest BCUT2D eigenvalue weighted by Gasteiger charge is 2.41. The highest BCUT2D eigenvalue weighted by molar-refractivity contribution is 5.83. The normalized spacial score (nSPS) is 13.9. The molecule has 0 amide bonds. The molecule has 0 heterocycles. The highest BCUT2D eigenvalue weighted by Crippen LogP contribution is 2.33. The molecular weight excluding hydrogens is 261 g/mol. The Morgan fingerprint density at radius 3 is 2.60 bits per heavy atom. The van der Waals surface area contributed by atoms with Gasteiger partial charge in [0, 0.05) is 6.04 Å². The number of halogens is 1. The van der Waals surface area contributed by atoms with Crippen molar-refractivity contribution in [3.63, 3.8) is 0 Å². The molecule has 0 radical (unpaired) electrons. The standard InChI is InChI=1S/C15H22FNO3/c1-6-20-14(18)15(4,17-10(2)3)13-11(16)8-7-9-12(13)19-5/h7-10,17H,6H2,1-5H3. The van der Waals surface area contributed by atoms with Crippen molar-refractivity contribution in [2.75, 3.05) is 13.7 Å². The van der Waals surface area contributed by atoms with Crippen LogP contribution in [0, 0.1) is 5.82 Å². The molecule has 5 heteroatoms. The summed E-state index contributed by atoms with van der Waals surface area (Å²) < 4.78 is 24.5. The summed E-state index contributed by atoms with van der Waals surface area (Å²) in [6, 6.07) is 4.43. The Morgan fingerprint density at radius 2 is 2.10 bits per heavy atom. The lowest BCUT2D eigenvalue weighted by Gasteiger charge is -2.32. The molecule has 0 aliphatic rings. The molecule has 1 N–H and O–H groups in total. The van der Waals surface area contributed by atoms with Crippen molar-refractivity contribution < 1.29 is 18.7 Å². The molecule has 0 spiro atoms. The molecular formula is C15H22FNO3. The quantitative estimate of drug-likeness (QED) is 0.815. The van der Waals surface area contributed by atoms with E-state index in [0.717, 1.165) is 0 Å². The lowest BCUT2D eigenvalue weighted by molar-refractivity contribution is -0.151. The smallest absolute Gasteiger partial charge is 0.330 e. The highest BCUT2D eigenvalue weighted by atomic mass is 19.1. The molecule has 0 bridgehead atoms. The first-order valence-electron chi connectivity index (χ1n) is 6.64. The van der Waals surface area contributed by atoms with Crippen LogP contribution in [-0.4, -0.2) is 25.7 Å². The van der Waals surface area contributed by atoms with E-state index in [2.05, 4.69) is 5.32 Å². The number of esters is 1.